The number of halogens is 1. The third-order valence-electron chi connectivity index (χ3n) is 2.91. The molecule has 0 aliphatic heterocycles. The minimum atomic E-state index is -0.552. The van der Waals surface area contributed by atoms with E-state index in [2.05, 4.69) is 26.6 Å². The molecule has 4 heteroatoms. The second kappa shape index (κ2) is 5.65. The van der Waals surface area contributed by atoms with Gasteiger partial charge in [-0.15, -0.1) is 0 Å². The highest BCUT2D eigenvalue weighted by Crippen LogP contribution is 2.17. The Labute approximate surface area is 111 Å². The van der Waals surface area contributed by atoms with Crippen molar-refractivity contribution in [2.45, 2.75) is 32.4 Å². The largest absolute Gasteiger partial charge is 0.348 e. The number of hydrogen-bond acceptors (Lipinski definition) is 2. The summed E-state index contributed by atoms with van der Waals surface area (Å²) >= 11 is 3.39. The smallest absolute Gasteiger partial charge is 0.240 e. The van der Waals surface area contributed by atoms with E-state index in [9.17, 15) is 4.79 Å². The molecule has 0 aliphatic rings. The molecule has 0 spiro atoms. The van der Waals surface area contributed by atoms with Gasteiger partial charge in [-0.3, -0.25) is 4.79 Å². The standard InChI is InChI=1S/C13H19BrN2O/c1-9(10-5-7-11(14)8-6-10)16-12(17)13(2,3)15-4/h5-9,15H,1-4H3,(H,16,17)/t9-/m1/s1. The van der Waals surface area contributed by atoms with Crippen LogP contribution in [0.1, 0.15) is 32.4 Å². The molecule has 94 valence electrons. The molecule has 0 radical (unpaired) electrons. The summed E-state index contributed by atoms with van der Waals surface area (Å²) in [6, 6.07) is 7.95. The summed E-state index contributed by atoms with van der Waals surface area (Å²) in [5.41, 5.74) is 0.539. The third-order valence-corrected chi connectivity index (χ3v) is 3.44. The van der Waals surface area contributed by atoms with Crippen molar-refractivity contribution in [1.82, 2.24) is 10.6 Å². The van der Waals surface area contributed by atoms with E-state index in [4.69, 9.17) is 0 Å². The summed E-state index contributed by atoms with van der Waals surface area (Å²) in [5, 5.41) is 5.98. The van der Waals surface area contributed by atoms with Crippen molar-refractivity contribution in [2.75, 3.05) is 7.05 Å². The van der Waals surface area contributed by atoms with Gasteiger partial charge < -0.3 is 10.6 Å². The Kier molecular flexibility index (Phi) is 4.71. The Morgan fingerprint density at radius 3 is 2.29 bits per heavy atom. The minimum Gasteiger partial charge on any atom is -0.348 e. The minimum absolute atomic E-state index is 0.00299. The molecule has 0 unspecified atom stereocenters. The van der Waals surface area contributed by atoms with Crippen molar-refractivity contribution in [1.29, 1.82) is 0 Å². The Morgan fingerprint density at radius 1 is 1.29 bits per heavy atom. The number of hydrogen-bond donors (Lipinski definition) is 2. The predicted molar refractivity (Wildman–Crippen MR) is 73.8 cm³/mol. The molecule has 0 aromatic heterocycles. The van der Waals surface area contributed by atoms with E-state index in [1.54, 1.807) is 7.05 Å². The van der Waals surface area contributed by atoms with E-state index >= 15 is 0 Å². The van der Waals surface area contributed by atoms with Gasteiger partial charge in [0.25, 0.3) is 0 Å². The Bertz CT molecular complexity index is 387. The number of rotatable bonds is 4. The van der Waals surface area contributed by atoms with Crippen molar-refractivity contribution >= 4 is 21.8 Å². The molecule has 0 saturated heterocycles. The molecule has 1 rings (SSSR count). The quantitative estimate of drug-likeness (QED) is 0.897. The Hall–Kier alpha value is -0.870. The lowest BCUT2D eigenvalue weighted by Gasteiger charge is -2.25. The van der Waals surface area contributed by atoms with Gasteiger partial charge in [-0.25, -0.2) is 0 Å². The number of likely N-dealkylation sites (N-methyl/N-ethyl adjacent to an activating group) is 1. The summed E-state index contributed by atoms with van der Waals surface area (Å²) in [5.74, 6) is -0.00424. The second-order valence-corrected chi connectivity index (χ2v) is 5.54. The van der Waals surface area contributed by atoms with E-state index in [-0.39, 0.29) is 11.9 Å². The van der Waals surface area contributed by atoms with Gasteiger partial charge in [-0.2, -0.15) is 0 Å². The maximum absolute atomic E-state index is 12.0. The van der Waals surface area contributed by atoms with Crippen LogP contribution in [0.25, 0.3) is 0 Å². The van der Waals surface area contributed by atoms with Crippen molar-refractivity contribution in [2.24, 2.45) is 0 Å². The van der Waals surface area contributed by atoms with Crippen LogP contribution < -0.4 is 10.6 Å². The fourth-order valence-corrected chi connectivity index (χ4v) is 1.59. The van der Waals surface area contributed by atoms with Crippen molar-refractivity contribution in [3.05, 3.63) is 34.3 Å². The van der Waals surface area contributed by atoms with E-state index in [0.29, 0.717) is 0 Å². The summed E-state index contributed by atoms with van der Waals surface area (Å²) < 4.78 is 1.04. The zero-order valence-corrected chi connectivity index (χ0v) is 12.3. The average Bonchev–Trinajstić information content (AvgIpc) is 2.29. The Balaban J connectivity index is 2.70. The molecule has 1 amide bonds. The number of nitrogens with one attached hydrogen (secondary N) is 2. The second-order valence-electron chi connectivity index (χ2n) is 4.62. The molecule has 1 aromatic rings. The Morgan fingerprint density at radius 2 is 1.82 bits per heavy atom. The van der Waals surface area contributed by atoms with Crippen LogP contribution in [0, 0.1) is 0 Å². The average molecular weight is 299 g/mol. The maximum Gasteiger partial charge on any atom is 0.240 e. The van der Waals surface area contributed by atoms with Gasteiger partial charge in [0, 0.05) is 4.47 Å². The van der Waals surface area contributed by atoms with Gasteiger partial charge >= 0.3 is 0 Å². The lowest BCUT2D eigenvalue weighted by atomic mass is 10.0. The van der Waals surface area contributed by atoms with Crippen LogP contribution in [0.2, 0.25) is 0 Å². The van der Waals surface area contributed by atoms with Crippen LogP contribution in [0.5, 0.6) is 0 Å². The molecule has 3 nitrogen and oxygen atoms in total. The first kappa shape index (κ1) is 14.2. The molecule has 0 bridgehead atoms. The summed E-state index contributed by atoms with van der Waals surface area (Å²) in [4.78, 5) is 12.0. The van der Waals surface area contributed by atoms with Crippen molar-refractivity contribution in [3.63, 3.8) is 0 Å². The van der Waals surface area contributed by atoms with Crippen LogP contribution in [-0.4, -0.2) is 18.5 Å². The van der Waals surface area contributed by atoms with Crippen molar-refractivity contribution in [3.8, 4) is 0 Å². The normalized spacial score (nSPS) is 13.2. The third kappa shape index (κ3) is 3.82. The lowest BCUT2D eigenvalue weighted by Crippen LogP contribution is -2.51. The van der Waals surface area contributed by atoms with Crippen LogP contribution in [0.4, 0.5) is 0 Å². The van der Waals surface area contributed by atoms with Gasteiger partial charge in [0.1, 0.15) is 0 Å². The van der Waals surface area contributed by atoms with Gasteiger partial charge in [0.2, 0.25) is 5.91 Å². The van der Waals surface area contributed by atoms with E-state index in [1.165, 1.54) is 0 Å². The highest BCUT2D eigenvalue weighted by Gasteiger charge is 2.26. The van der Waals surface area contributed by atoms with Gasteiger partial charge in [0.05, 0.1) is 11.6 Å². The van der Waals surface area contributed by atoms with Crippen LogP contribution in [0.15, 0.2) is 28.7 Å². The van der Waals surface area contributed by atoms with E-state index in [0.717, 1.165) is 10.0 Å². The maximum atomic E-state index is 12.0. The zero-order valence-electron chi connectivity index (χ0n) is 10.7. The number of benzene rings is 1. The fraction of sp³-hybridized carbons (Fsp3) is 0.462. The molecule has 1 aromatic carbocycles. The molecule has 0 aliphatic carbocycles. The lowest BCUT2D eigenvalue weighted by molar-refractivity contribution is -0.126. The van der Waals surface area contributed by atoms with Crippen molar-refractivity contribution < 1.29 is 4.79 Å². The van der Waals surface area contributed by atoms with Crippen LogP contribution in [-0.2, 0) is 4.79 Å². The van der Waals surface area contributed by atoms with Crippen LogP contribution in [0.3, 0.4) is 0 Å². The monoisotopic (exact) mass is 298 g/mol. The first-order valence-electron chi connectivity index (χ1n) is 5.62. The van der Waals surface area contributed by atoms with Crippen LogP contribution >= 0.6 is 15.9 Å². The van der Waals surface area contributed by atoms with Gasteiger partial charge in [0.15, 0.2) is 0 Å². The topological polar surface area (TPSA) is 41.1 Å². The molecular formula is C13H19BrN2O. The number of carbonyl (C=O) groups excluding carboxylic acids is 1. The van der Waals surface area contributed by atoms with Gasteiger partial charge in [-0.1, -0.05) is 28.1 Å². The molecular weight excluding hydrogens is 280 g/mol. The first-order chi connectivity index (χ1) is 7.86. The molecule has 17 heavy (non-hydrogen) atoms. The van der Waals surface area contributed by atoms with E-state index < -0.39 is 5.54 Å². The number of carbonyl (C=O) groups is 1. The number of amides is 1. The fourth-order valence-electron chi connectivity index (χ4n) is 1.33. The van der Waals surface area contributed by atoms with Gasteiger partial charge in [-0.05, 0) is 45.5 Å². The summed E-state index contributed by atoms with van der Waals surface area (Å²) in [6.07, 6.45) is 0. The summed E-state index contributed by atoms with van der Waals surface area (Å²) in [7, 11) is 1.78. The zero-order chi connectivity index (χ0) is 13.1. The highest BCUT2D eigenvalue weighted by molar-refractivity contribution is 9.10. The summed E-state index contributed by atoms with van der Waals surface area (Å²) in [6.45, 7) is 5.69. The highest BCUT2D eigenvalue weighted by atomic mass is 79.9. The SMILES string of the molecule is CNC(C)(C)C(=O)N[C@H](C)c1ccc(Br)cc1. The molecule has 0 saturated carbocycles. The molecule has 1 atom stereocenters. The van der Waals surface area contributed by atoms with E-state index in [1.807, 2.05) is 45.0 Å². The molecule has 0 heterocycles. The first-order valence-corrected chi connectivity index (χ1v) is 6.41. The molecule has 2 N–H and O–H groups in total. The molecule has 0 fully saturated rings. The predicted octanol–water partition coefficient (Wildman–Crippen LogP) is 2.62.